The van der Waals surface area contributed by atoms with Crippen molar-refractivity contribution in [1.82, 2.24) is 4.90 Å². The summed E-state index contributed by atoms with van der Waals surface area (Å²) < 4.78 is 25.7. The van der Waals surface area contributed by atoms with E-state index in [0.717, 1.165) is 12.8 Å². The SMILES string of the molecule is Cl.FC1(F)CCC2CCCN21. The van der Waals surface area contributed by atoms with Gasteiger partial charge in [0.2, 0.25) is 0 Å². The topological polar surface area (TPSA) is 3.24 Å². The highest BCUT2D eigenvalue weighted by atomic mass is 35.5. The summed E-state index contributed by atoms with van der Waals surface area (Å²) in [5.74, 6) is 0. The second kappa shape index (κ2) is 2.87. The predicted molar refractivity (Wildman–Crippen MR) is 41.2 cm³/mol. The van der Waals surface area contributed by atoms with Gasteiger partial charge in [-0.05, 0) is 19.3 Å². The molecule has 2 aliphatic heterocycles. The second-order valence-electron chi connectivity index (χ2n) is 3.19. The molecule has 1 atom stereocenters. The van der Waals surface area contributed by atoms with Crippen LogP contribution in [0.25, 0.3) is 0 Å². The Kier molecular flexibility index (Phi) is 2.40. The van der Waals surface area contributed by atoms with E-state index >= 15 is 0 Å². The molecule has 0 saturated carbocycles. The molecule has 2 aliphatic rings. The first-order valence-electron chi connectivity index (χ1n) is 3.85. The number of rotatable bonds is 0. The maximum atomic E-state index is 12.8. The minimum absolute atomic E-state index is 0. The summed E-state index contributed by atoms with van der Waals surface area (Å²) in [4.78, 5) is 1.37. The van der Waals surface area contributed by atoms with E-state index in [4.69, 9.17) is 0 Å². The van der Waals surface area contributed by atoms with Gasteiger partial charge in [-0.3, -0.25) is 0 Å². The molecule has 0 spiro atoms. The normalized spacial score (nSPS) is 34.9. The third-order valence-electron chi connectivity index (χ3n) is 2.58. The molecule has 1 nitrogen and oxygen atoms in total. The molecule has 2 saturated heterocycles. The van der Waals surface area contributed by atoms with Gasteiger partial charge in [-0.25, -0.2) is 4.90 Å². The first-order chi connectivity index (χ1) is 4.70. The Balaban J connectivity index is 0.000000605. The lowest BCUT2D eigenvalue weighted by Crippen LogP contribution is -2.36. The van der Waals surface area contributed by atoms with E-state index in [1.807, 2.05) is 0 Å². The lowest BCUT2D eigenvalue weighted by atomic mass is 10.2. The zero-order valence-electron chi connectivity index (χ0n) is 6.22. The molecule has 0 aliphatic carbocycles. The van der Waals surface area contributed by atoms with Crippen LogP contribution in [-0.4, -0.2) is 23.5 Å². The summed E-state index contributed by atoms with van der Waals surface area (Å²) in [6, 6.07) is -2.27. The molecule has 2 rings (SSSR count). The first kappa shape index (κ1) is 9.20. The number of hydrogen-bond acceptors (Lipinski definition) is 1. The smallest absolute Gasteiger partial charge is 0.242 e. The van der Waals surface area contributed by atoms with Gasteiger partial charge < -0.3 is 0 Å². The first-order valence-corrected chi connectivity index (χ1v) is 3.85. The van der Waals surface area contributed by atoms with Crippen LogP contribution < -0.4 is 0 Å². The minimum Gasteiger partial charge on any atom is -0.242 e. The molecule has 0 aromatic carbocycles. The molecule has 0 aromatic heterocycles. The number of nitrogens with zero attached hydrogens (tertiary/aromatic N) is 1. The molecule has 0 bridgehead atoms. The maximum absolute atomic E-state index is 12.8. The molecule has 2 heterocycles. The van der Waals surface area contributed by atoms with Crippen molar-refractivity contribution in [2.75, 3.05) is 6.54 Å². The van der Waals surface area contributed by atoms with Crippen LogP contribution in [0.15, 0.2) is 0 Å². The fourth-order valence-electron chi connectivity index (χ4n) is 2.05. The van der Waals surface area contributed by atoms with Crippen LogP contribution in [0.5, 0.6) is 0 Å². The van der Waals surface area contributed by atoms with Gasteiger partial charge in [-0.15, -0.1) is 12.4 Å². The lowest BCUT2D eigenvalue weighted by molar-refractivity contribution is -0.120. The Hall–Kier alpha value is 0.110. The maximum Gasteiger partial charge on any atom is 0.305 e. The van der Waals surface area contributed by atoms with Crippen molar-refractivity contribution in [3.05, 3.63) is 0 Å². The predicted octanol–water partition coefficient (Wildman–Crippen LogP) is 2.26. The van der Waals surface area contributed by atoms with E-state index in [2.05, 4.69) is 0 Å². The van der Waals surface area contributed by atoms with E-state index < -0.39 is 6.05 Å². The lowest BCUT2D eigenvalue weighted by Gasteiger charge is -2.22. The van der Waals surface area contributed by atoms with Gasteiger partial charge in [0, 0.05) is 19.0 Å². The van der Waals surface area contributed by atoms with E-state index in [-0.39, 0.29) is 24.9 Å². The molecule has 4 heteroatoms. The fraction of sp³-hybridized carbons (Fsp3) is 1.00. The number of alkyl halides is 2. The van der Waals surface area contributed by atoms with Gasteiger partial charge in [0.05, 0.1) is 0 Å². The Morgan fingerprint density at radius 1 is 1.27 bits per heavy atom. The summed E-state index contributed by atoms with van der Waals surface area (Å²) in [6.45, 7) is 0.609. The molecule has 0 radical (unpaired) electrons. The third kappa shape index (κ3) is 1.36. The minimum atomic E-state index is -2.47. The molecular weight excluding hydrogens is 172 g/mol. The van der Waals surface area contributed by atoms with Crippen molar-refractivity contribution in [3.8, 4) is 0 Å². The van der Waals surface area contributed by atoms with E-state index in [9.17, 15) is 8.78 Å². The zero-order valence-corrected chi connectivity index (χ0v) is 7.04. The molecule has 0 N–H and O–H groups in total. The molecule has 11 heavy (non-hydrogen) atoms. The highest BCUT2D eigenvalue weighted by molar-refractivity contribution is 5.85. The Labute approximate surface area is 71.2 Å². The van der Waals surface area contributed by atoms with Gasteiger partial charge in [-0.1, -0.05) is 0 Å². The Morgan fingerprint density at radius 2 is 2.00 bits per heavy atom. The summed E-state index contributed by atoms with van der Waals surface area (Å²) in [5, 5.41) is 0. The number of hydrogen-bond donors (Lipinski definition) is 0. The monoisotopic (exact) mass is 183 g/mol. The van der Waals surface area contributed by atoms with Gasteiger partial charge in [0.1, 0.15) is 0 Å². The molecule has 0 aromatic rings. The fourth-order valence-corrected chi connectivity index (χ4v) is 2.05. The van der Waals surface area contributed by atoms with Crippen LogP contribution in [0.2, 0.25) is 0 Å². The summed E-state index contributed by atoms with van der Waals surface area (Å²) in [5.41, 5.74) is 0. The quantitative estimate of drug-likeness (QED) is 0.521. The summed E-state index contributed by atoms with van der Waals surface area (Å²) in [6.07, 6.45) is 2.72. The molecule has 0 amide bonds. The van der Waals surface area contributed by atoms with Crippen LogP contribution in [0.1, 0.15) is 25.7 Å². The molecule has 2 fully saturated rings. The van der Waals surface area contributed by atoms with E-state index in [1.54, 1.807) is 0 Å². The van der Waals surface area contributed by atoms with Gasteiger partial charge >= 0.3 is 6.05 Å². The van der Waals surface area contributed by atoms with Crippen molar-refractivity contribution in [2.45, 2.75) is 37.8 Å². The summed E-state index contributed by atoms with van der Waals surface area (Å²) >= 11 is 0. The molecular formula is C7H12ClF2N. The average Bonchev–Trinajstić information content (AvgIpc) is 2.36. The average molecular weight is 184 g/mol. The van der Waals surface area contributed by atoms with Gasteiger partial charge in [0.25, 0.3) is 0 Å². The van der Waals surface area contributed by atoms with E-state index in [1.165, 1.54) is 4.90 Å². The van der Waals surface area contributed by atoms with Crippen molar-refractivity contribution in [3.63, 3.8) is 0 Å². The molecule has 66 valence electrons. The van der Waals surface area contributed by atoms with Crippen molar-refractivity contribution in [2.24, 2.45) is 0 Å². The number of halogens is 3. The van der Waals surface area contributed by atoms with Crippen molar-refractivity contribution < 1.29 is 8.78 Å². The second-order valence-corrected chi connectivity index (χ2v) is 3.19. The Bertz CT molecular complexity index is 151. The Morgan fingerprint density at radius 3 is 2.64 bits per heavy atom. The van der Waals surface area contributed by atoms with Crippen LogP contribution in [0.4, 0.5) is 8.78 Å². The van der Waals surface area contributed by atoms with E-state index in [0.29, 0.717) is 13.0 Å². The van der Waals surface area contributed by atoms with Crippen molar-refractivity contribution >= 4 is 12.4 Å². The largest absolute Gasteiger partial charge is 0.305 e. The standard InChI is InChI=1S/C7H11F2N.ClH/c8-7(9)4-3-6-2-1-5-10(6)7;/h6H,1-5H2;1H. The molecule has 1 unspecified atom stereocenters. The summed E-state index contributed by atoms with van der Waals surface area (Å²) in [7, 11) is 0. The zero-order chi connectivity index (χ0) is 7.19. The third-order valence-corrected chi connectivity index (χ3v) is 2.58. The van der Waals surface area contributed by atoms with Crippen LogP contribution in [0, 0.1) is 0 Å². The van der Waals surface area contributed by atoms with Crippen LogP contribution in [-0.2, 0) is 0 Å². The van der Waals surface area contributed by atoms with Gasteiger partial charge in [0.15, 0.2) is 0 Å². The van der Waals surface area contributed by atoms with Gasteiger partial charge in [-0.2, -0.15) is 8.78 Å². The number of fused-ring (bicyclic) bond motifs is 1. The van der Waals surface area contributed by atoms with Crippen LogP contribution in [0.3, 0.4) is 0 Å². The highest BCUT2D eigenvalue weighted by Crippen LogP contribution is 2.41. The highest BCUT2D eigenvalue weighted by Gasteiger charge is 2.49. The van der Waals surface area contributed by atoms with Crippen molar-refractivity contribution in [1.29, 1.82) is 0 Å². The van der Waals surface area contributed by atoms with Crippen LogP contribution >= 0.6 is 12.4 Å².